The van der Waals surface area contributed by atoms with Crippen LogP contribution in [0, 0.1) is 0 Å². The highest BCUT2D eigenvalue weighted by atomic mass is 14.2. The summed E-state index contributed by atoms with van der Waals surface area (Å²) in [7, 11) is 0. The van der Waals surface area contributed by atoms with Crippen LogP contribution in [0.2, 0.25) is 0 Å². The van der Waals surface area contributed by atoms with Crippen LogP contribution in [0.3, 0.4) is 0 Å². The summed E-state index contributed by atoms with van der Waals surface area (Å²) in [4.78, 5) is 0. The molecule has 2 aromatic rings. The summed E-state index contributed by atoms with van der Waals surface area (Å²) in [5.74, 6) is 0. The standard InChI is InChI=1S/C16H14/c1-11(2)13-9-10-16-14-6-4-3-5-12(14)7-8-15(13)16/h3-10H,1-2H3. The average Bonchev–Trinajstić information content (AvgIpc) is 2.73. The van der Waals surface area contributed by atoms with Gasteiger partial charge in [-0.05, 0) is 41.3 Å². The van der Waals surface area contributed by atoms with Gasteiger partial charge in [-0.2, -0.15) is 0 Å². The molecule has 0 atom stereocenters. The summed E-state index contributed by atoms with van der Waals surface area (Å²) in [5.41, 5.74) is 5.50. The Kier molecular flexibility index (Phi) is 1.97. The molecule has 0 aromatic heterocycles. The molecule has 1 aliphatic carbocycles. The summed E-state index contributed by atoms with van der Waals surface area (Å²) in [6.45, 7) is 4.34. The molecule has 0 saturated carbocycles. The van der Waals surface area contributed by atoms with Gasteiger partial charge in [0.1, 0.15) is 0 Å². The molecule has 0 heterocycles. The zero-order valence-electron chi connectivity index (χ0n) is 9.62. The lowest BCUT2D eigenvalue weighted by Crippen LogP contribution is -1.85. The maximum absolute atomic E-state index is 2.24. The van der Waals surface area contributed by atoms with Gasteiger partial charge in [-0.1, -0.05) is 54.1 Å². The monoisotopic (exact) mass is 206 g/mol. The number of hydrogen-bond donors (Lipinski definition) is 0. The SMILES string of the molecule is CC(C)=C1C=Cc2c1ccc1ccccc21. The van der Waals surface area contributed by atoms with Gasteiger partial charge in [0.25, 0.3) is 0 Å². The molecule has 0 bridgehead atoms. The lowest BCUT2D eigenvalue weighted by Gasteiger charge is -2.06. The molecular weight excluding hydrogens is 192 g/mol. The van der Waals surface area contributed by atoms with Crippen molar-refractivity contribution in [2.24, 2.45) is 0 Å². The Labute approximate surface area is 95.9 Å². The third-order valence-electron chi connectivity index (χ3n) is 3.22. The lowest BCUT2D eigenvalue weighted by molar-refractivity contribution is 1.40. The zero-order valence-corrected chi connectivity index (χ0v) is 9.62. The molecule has 16 heavy (non-hydrogen) atoms. The Balaban J connectivity index is 2.40. The van der Waals surface area contributed by atoms with E-state index in [0.29, 0.717) is 0 Å². The summed E-state index contributed by atoms with van der Waals surface area (Å²) in [6, 6.07) is 13.0. The van der Waals surface area contributed by atoms with Crippen molar-refractivity contribution in [3.63, 3.8) is 0 Å². The normalized spacial score (nSPS) is 13.2. The van der Waals surface area contributed by atoms with Crippen LogP contribution in [0.5, 0.6) is 0 Å². The smallest absolute Gasteiger partial charge is 0.00992 e. The van der Waals surface area contributed by atoms with Crippen LogP contribution < -0.4 is 0 Å². The minimum atomic E-state index is 1.32. The molecule has 0 nitrogen and oxygen atoms in total. The van der Waals surface area contributed by atoms with E-state index in [1.54, 1.807) is 0 Å². The Morgan fingerprint density at radius 2 is 1.69 bits per heavy atom. The molecule has 0 unspecified atom stereocenters. The second-order valence-corrected chi connectivity index (χ2v) is 4.49. The van der Waals surface area contributed by atoms with Crippen LogP contribution in [0.25, 0.3) is 22.4 Å². The molecule has 2 aromatic carbocycles. The average molecular weight is 206 g/mol. The van der Waals surface area contributed by atoms with Crippen molar-refractivity contribution in [2.45, 2.75) is 13.8 Å². The van der Waals surface area contributed by atoms with E-state index in [4.69, 9.17) is 0 Å². The Morgan fingerprint density at radius 3 is 2.50 bits per heavy atom. The summed E-state index contributed by atoms with van der Waals surface area (Å²) >= 11 is 0. The Bertz CT molecular complexity index is 624. The molecule has 0 N–H and O–H groups in total. The summed E-state index contributed by atoms with van der Waals surface area (Å²) in [6.07, 6.45) is 4.46. The van der Waals surface area contributed by atoms with Crippen molar-refractivity contribution < 1.29 is 0 Å². The Morgan fingerprint density at radius 1 is 0.875 bits per heavy atom. The van der Waals surface area contributed by atoms with Crippen molar-refractivity contribution in [1.29, 1.82) is 0 Å². The van der Waals surface area contributed by atoms with Gasteiger partial charge in [-0.3, -0.25) is 0 Å². The predicted octanol–water partition coefficient (Wildman–Crippen LogP) is 4.66. The van der Waals surface area contributed by atoms with Crippen LogP contribution in [-0.2, 0) is 0 Å². The summed E-state index contributed by atoms with van der Waals surface area (Å²) < 4.78 is 0. The van der Waals surface area contributed by atoms with E-state index in [-0.39, 0.29) is 0 Å². The molecule has 0 fully saturated rings. The van der Waals surface area contributed by atoms with Crippen LogP contribution in [-0.4, -0.2) is 0 Å². The second kappa shape index (κ2) is 3.34. The highest BCUT2D eigenvalue weighted by molar-refractivity contribution is 6.02. The fourth-order valence-corrected chi connectivity index (χ4v) is 2.40. The number of hydrogen-bond acceptors (Lipinski definition) is 0. The number of fused-ring (bicyclic) bond motifs is 3. The van der Waals surface area contributed by atoms with Crippen LogP contribution >= 0.6 is 0 Å². The van der Waals surface area contributed by atoms with Gasteiger partial charge in [-0.15, -0.1) is 0 Å². The predicted molar refractivity (Wildman–Crippen MR) is 71.3 cm³/mol. The lowest BCUT2D eigenvalue weighted by atomic mass is 9.97. The van der Waals surface area contributed by atoms with Gasteiger partial charge < -0.3 is 0 Å². The molecule has 0 amide bonds. The van der Waals surface area contributed by atoms with Gasteiger partial charge in [0, 0.05) is 0 Å². The van der Waals surface area contributed by atoms with Gasteiger partial charge in [0.2, 0.25) is 0 Å². The Hall–Kier alpha value is -1.82. The molecule has 78 valence electrons. The minimum Gasteiger partial charge on any atom is -0.0686 e. The van der Waals surface area contributed by atoms with Crippen molar-refractivity contribution in [1.82, 2.24) is 0 Å². The summed E-state index contributed by atoms with van der Waals surface area (Å²) in [5, 5.41) is 2.67. The molecule has 0 heteroatoms. The maximum atomic E-state index is 2.24. The molecular formula is C16H14. The third kappa shape index (κ3) is 1.23. The number of benzene rings is 2. The molecule has 0 saturated heterocycles. The van der Waals surface area contributed by atoms with E-state index in [1.165, 1.54) is 33.0 Å². The van der Waals surface area contributed by atoms with E-state index in [9.17, 15) is 0 Å². The van der Waals surface area contributed by atoms with Crippen LogP contribution in [0.15, 0.2) is 48.0 Å². The van der Waals surface area contributed by atoms with Crippen molar-refractivity contribution >= 4 is 22.4 Å². The third-order valence-corrected chi connectivity index (χ3v) is 3.22. The topological polar surface area (TPSA) is 0 Å². The highest BCUT2D eigenvalue weighted by Gasteiger charge is 2.13. The highest BCUT2D eigenvalue weighted by Crippen LogP contribution is 2.35. The van der Waals surface area contributed by atoms with Crippen molar-refractivity contribution in [3.05, 3.63) is 59.2 Å². The van der Waals surface area contributed by atoms with Crippen molar-refractivity contribution in [2.75, 3.05) is 0 Å². The maximum Gasteiger partial charge on any atom is -0.00992 e. The largest absolute Gasteiger partial charge is 0.0686 e. The first kappa shape index (κ1) is 9.41. The van der Waals surface area contributed by atoms with E-state index in [0.717, 1.165) is 0 Å². The van der Waals surface area contributed by atoms with Crippen molar-refractivity contribution in [3.8, 4) is 0 Å². The molecule has 0 aliphatic heterocycles. The quantitative estimate of drug-likeness (QED) is 0.588. The minimum absolute atomic E-state index is 1.32. The van der Waals surface area contributed by atoms with Crippen LogP contribution in [0.1, 0.15) is 25.0 Å². The molecule has 0 radical (unpaired) electrons. The number of allylic oxidation sites excluding steroid dienone is 3. The number of rotatable bonds is 0. The van der Waals surface area contributed by atoms with E-state index >= 15 is 0 Å². The fourth-order valence-electron chi connectivity index (χ4n) is 2.40. The van der Waals surface area contributed by atoms with Gasteiger partial charge >= 0.3 is 0 Å². The van der Waals surface area contributed by atoms with E-state index < -0.39 is 0 Å². The molecule has 3 rings (SSSR count). The van der Waals surface area contributed by atoms with E-state index in [1.807, 2.05) is 0 Å². The van der Waals surface area contributed by atoms with Gasteiger partial charge in [0.15, 0.2) is 0 Å². The first-order chi connectivity index (χ1) is 7.77. The zero-order chi connectivity index (χ0) is 11.1. The second-order valence-electron chi connectivity index (χ2n) is 4.49. The first-order valence-corrected chi connectivity index (χ1v) is 5.65. The first-order valence-electron chi connectivity index (χ1n) is 5.65. The van der Waals surface area contributed by atoms with Gasteiger partial charge in [-0.25, -0.2) is 0 Å². The molecule has 1 aliphatic rings. The fraction of sp³-hybridized carbons (Fsp3) is 0.125. The molecule has 0 spiro atoms. The van der Waals surface area contributed by atoms with E-state index in [2.05, 4.69) is 62.4 Å². The van der Waals surface area contributed by atoms with Crippen LogP contribution in [0.4, 0.5) is 0 Å². The van der Waals surface area contributed by atoms with Gasteiger partial charge in [0.05, 0.1) is 0 Å².